The highest BCUT2D eigenvalue weighted by molar-refractivity contribution is 5.02. The van der Waals surface area contributed by atoms with E-state index in [4.69, 9.17) is 0 Å². The third kappa shape index (κ3) is 5.25. The van der Waals surface area contributed by atoms with E-state index in [1.807, 2.05) is 19.1 Å². The van der Waals surface area contributed by atoms with Crippen molar-refractivity contribution >= 4 is 0 Å². The van der Waals surface area contributed by atoms with Crippen molar-refractivity contribution in [3.05, 3.63) is 12.2 Å². The molecular formula is C16H30O. The Bertz CT molecular complexity index is 222. The maximum Gasteiger partial charge on any atom is 0.0852 e. The van der Waals surface area contributed by atoms with E-state index < -0.39 is 5.60 Å². The fraction of sp³-hybridized carbons (Fsp3) is 0.875. The first kappa shape index (κ1) is 14.8. The fourth-order valence-corrected chi connectivity index (χ4v) is 2.95. The smallest absolute Gasteiger partial charge is 0.0852 e. The molecule has 1 aliphatic carbocycles. The zero-order valence-corrected chi connectivity index (χ0v) is 11.8. The van der Waals surface area contributed by atoms with Crippen LogP contribution in [0.5, 0.6) is 0 Å². The average molecular weight is 238 g/mol. The number of rotatable bonds is 1. The van der Waals surface area contributed by atoms with Gasteiger partial charge in [0.05, 0.1) is 5.60 Å². The number of allylic oxidation sites excluding steroid dienone is 1. The van der Waals surface area contributed by atoms with Crippen LogP contribution in [-0.2, 0) is 0 Å². The summed E-state index contributed by atoms with van der Waals surface area (Å²) in [6.45, 7) is 4.23. The Hall–Kier alpha value is -0.300. The molecule has 1 fully saturated rings. The Balaban J connectivity index is 2.57. The molecule has 0 radical (unpaired) electrons. The van der Waals surface area contributed by atoms with E-state index in [0.717, 1.165) is 6.42 Å². The minimum absolute atomic E-state index is 0.401. The molecule has 1 aliphatic rings. The quantitative estimate of drug-likeness (QED) is 0.648. The van der Waals surface area contributed by atoms with Crippen molar-refractivity contribution in [3.8, 4) is 0 Å². The van der Waals surface area contributed by atoms with Gasteiger partial charge in [0, 0.05) is 0 Å². The van der Waals surface area contributed by atoms with E-state index in [1.165, 1.54) is 57.8 Å². The van der Waals surface area contributed by atoms with Crippen molar-refractivity contribution in [2.75, 3.05) is 0 Å². The van der Waals surface area contributed by atoms with Crippen LogP contribution in [0, 0.1) is 5.92 Å². The van der Waals surface area contributed by atoms with E-state index >= 15 is 0 Å². The second kappa shape index (κ2) is 7.92. The van der Waals surface area contributed by atoms with Gasteiger partial charge >= 0.3 is 0 Å². The van der Waals surface area contributed by atoms with Gasteiger partial charge in [0.2, 0.25) is 0 Å². The molecule has 0 spiro atoms. The SMILES string of the molecule is C/C=C/C1(O)CCCCCCCCCCC1C. The molecule has 2 atom stereocenters. The molecule has 0 bridgehead atoms. The van der Waals surface area contributed by atoms with Crippen molar-refractivity contribution in [1.82, 2.24) is 0 Å². The molecule has 0 aliphatic heterocycles. The third-order valence-corrected chi connectivity index (χ3v) is 4.27. The Labute approximate surface area is 107 Å². The van der Waals surface area contributed by atoms with E-state index in [2.05, 4.69) is 6.92 Å². The lowest BCUT2D eigenvalue weighted by molar-refractivity contribution is 0.0198. The van der Waals surface area contributed by atoms with Gasteiger partial charge < -0.3 is 5.11 Å². The van der Waals surface area contributed by atoms with E-state index in [1.54, 1.807) is 0 Å². The number of hydrogen-bond donors (Lipinski definition) is 1. The molecule has 1 rings (SSSR count). The van der Waals surface area contributed by atoms with Gasteiger partial charge in [-0.15, -0.1) is 0 Å². The zero-order chi connectivity index (χ0) is 12.6. The van der Waals surface area contributed by atoms with Gasteiger partial charge in [-0.1, -0.05) is 70.4 Å². The summed E-state index contributed by atoms with van der Waals surface area (Å²) in [6.07, 6.45) is 16.8. The Kier molecular flexibility index (Phi) is 6.87. The van der Waals surface area contributed by atoms with Crippen molar-refractivity contribution in [3.63, 3.8) is 0 Å². The Morgan fingerprint density at radius 2 is 1.47 bits per heavy atom. The summed E-state index contributed by atoms with van der Waals surface area (Å²) in [6, 6.07) is 0. The molecular weight excluding hydrogens is 208 g/mol. The Morgan fingerprint density at radius 3 is 2.06 bits per heavy atom. The lowest BCUT2D eigenvalue weighted by Crippen LogP contribution is -2.34. The Morgan fingerprint density at radius 1 is 0.941 bits per heavy atom. The predicted octanol–water partition coefficient (Wildman–Crippen LogP) is 4.84. The molecule has 0 saturated heterocycles. The van der Waals surface area contributed by atoms with Crippen LogP contribution in [0.25, 0.3) is 0 Å². The predicted molar refractivity (Wildman–Crippen MR) is 75.1 cm³/mol. The van der Waals surface area contributed by atoms with Crippen LogP contribution in [0.15, 0.2) is 12.2 Å². The molecule has 17 heavy (non-hydrogen) atoms. The summed E-state index contributed by atoms with van der Waals surface area (Å²) in [5.74, 6) is 0.401. The second-order valence-corrected chi connectivity index (χ2v) is 5.76. The zero-order valence-electron chi connectivity index (χ0n) is 11.8. The van der Waals surface area contributed by atoms with Gasteiger partial charge in [-0.3, -0.25) is 0 Å². The second-order valence-electron chi connectivity index (χ2n) is 5.76. The lowest BCUT2D eigenvalue weighted by Gasteiger charge is -2.32. The fourth-order valence-electron chi connectivity index (χ4n) is 2.95. The van der Waals surface area contributed by atoms with Crippen LogP contribution in [0.3, 0.4) is 0 Å². The highest BCUT2D eigenvalue weighted by Crippen LogP contribution is 2.30. The molecule has 0 aromatic carbocycles. The molecule has 0 aromatic rings. The van der Waals surface area contributed by atoms with Crippen LogP contribution in [0.1, 0.15) is 78.1 Å². The molecule has 0 heterocycles. The third-order valence-electron chi connectivity index (χ3n) is 4.27. The van der Waals surface area contributed by atoms with Crippen molar-refractivity contribution in [1.29, 1.82) is 0 Å². The number of aliphatic hydroxyl groups is 1. The minimum atomic E-state index is -0.548. The van der Waals surface area contributed by atoms with Crippen molar-refractivity contribution in [2.45, 2.75) is 83.7 Å². The molecule has 1 nitrogen and oxygen atoms in total. The summed E-state index contributed by atoms with van der Waals surface area (Å²) >= 11 is 0. The van der Waals surface area contributed by atoms with Gasteiger partial charge in [0.15, 0.2) is 0 Å². The molecule has 100 valence electrons. The van der Waals surface area contributed by atoms with E-state index in [-0.39, 0.29) is 0 Å². The molecule has 1 saturated carbocycles. The van der Waals surface area contributed by atoms with E-state index in [0.29, 0.717) is 5.92 Å². The summed E-state index contributed by atoms with van der Waals surface area (Å²) in [7, 11) is 0. The summed E-state index contributed by atoms with van der Waals surface area (Å²) in [5.41, 5.74) is -0.548. The molecule has 0 amide bonds. The van der Waals surface area contributed by atoms with Crippen molar-refractivity contribution < 1.29 is 5.11 Å². The first-order chi connectivity index (χ1) is 8.19. The molecule has 1 N–H and O–H groups in total. The molecule has 1 heteroatoms. The lowest BCUT2D eigenvalue weighted by atomic mass is 9.80. The van der Waals surface area contributed by atoms with Crippen LogP contribution >= 0.6 is 0 Å². The topological polar surface area (TPSA) is 20.2 Å². The normalized spacial score (nSPS) is 34.2. The number of hydrogen-bond acceptors (Lipinski definition) is 1. The van der Waals surface area contributed by atoms with Crippen LogP contribution in [0.4, 0.5) is 0 Å². The van der Waals surface area contributed by atoms with Gasteiger partial charge in [-0.2, -0.15) is 0 Å². The molecule has 0 aromatic heterocycles. The summed E-state index contributed by atoms with van der Waals surface area (Å²) in [5, 5.41) is 10.7. The monoisotopic (exact) mass is 238 g/mol. The highest BCUT2D eigenvalue weighted by atomic mass is 16.3. The molecule has 2 unspecified atom stereocenters. The first-order valence-electron chi connectivity index (χ1n) is 7.55. The highest BCUT2D eigenvalue weighted by Gasteiger charge is 2.29. The standard InChI is InChI=1S/C16H30O/c1-3-13-16(17)14-11-9-7-5-4-6-8-10-12-15(16)2/h3,13,15,17H,4-12,14H2,1-2H3/b13-3+. The maximum absolute atomic E-state index is 10.7. The minimum Gasteiger partial charge on any atom is -0.386 e. The summed E-state index contributed by atoms with van der Waals surface area (Å²) < 4.78 is 0. The van der Waals surface area contributed by atoms with Crippen LogP contribution < -0.4 is 0 Å². The van der Waals surface area contributed by atoms with Gasteiger partial charge in [0.25, 0.3) is 0 Å². The van der Waals surface area contributed by atoms with Crippen LogP contribution in [-0.4, -0.2) is 10.7 Å². The van der Waals surface area contributed by atoms with Crippen LogP contribution in [0.2, 0.25) is 0 Å². The maximum atomic E-state index is 10.7. The van der Waals surface area contributed by atoms with Crippen molar-refractivity contribution in [2.24, 2.45) is 5.92 Å². The summed E-state index contributed by atoms with van der Waals surface area (Å²) in [4.78, 5) is 0. The van der Waals surface area contributed by atoms with Gasteiger partial charge in [-0.05, 0) is 25.7 Å². The van der Waals surface area contributed by atoms with E-state index in [9.17, 15) is 5.11 Å². The first-order valence-corrected chi connectivity index (χ1v) is 7.55. The van der Waals surface area contributed by atoms with Gasteiger partial charge in [-0.25, -0.2) is 0 Å². The average Bonchev–Trinajstić information content (AvgIpc) is 2.30. The van der Waals surface area contributed by atoms with Gasteiger partial charge in [0.1, 0.15) is 0 Å². The largest absolute Gasteiger partial charge is 0.386 e.